The predicted octanol–water partition coefficient (Wildman–Crippen LogP) is 1.20. The van der Waals surface area contributed by atoms with Gasteiger partial charge in [0.15, 0.2) is 0 Å². The second-order valence-electron chi connectivity index (χ2n) is 4.09. The van der Waals surface area contributed by atoms with Crippen molar-refractivity contribution in [3.63, 3.8) is 0 Å². The fourth-order valence-corrected chi connectivity index (χ4v) is 1.73. The first-order chi connectivity index (χ1) is 8.97. The highest BCUT2D eigenvalue weighted by Gasteiger charge is 2.17. The summed E-state index contributed by atoms with van der Waals surface area (Å²) in [4.78, 5) is 22.7. The summed E-state index contributed by atoms with van der Waals surface area (Å²) in [6, 6.07) is 1.32. The van der Waals surface area contributed by atoms with Crippen LogP contribution in [0.15, 0.2) is 22.9 Å². The van der Waals surface area contributed by atoms with Crippen molar-refractivity contribution < 1.29 is 19.1 Å². The van der Waals surface area contributed by atoms with Gasteiger partial charge in [0.25, 0.3) is 0 Å². The van der Waals surface area contributed by atoms with Gasteiger partial charge < -0.3 is 14.8 Å². The number of carbonyl (C=O) groups excluding carboxylic acids is 1. The van der Waals surface area contributed by atoms with Crippen LogP contribution in [-0.4, -0.2) is 26.8 Å². The van der Waals surface area contributed by atoms with Crippen LogP contribution in [0, 0.1) is 6.92 Å². The number of hydrogen-bond donors (Lipinski definition) is 2. The van der Waals surface area contributed by atoms with Gasteiger partial charge in [0, 0.05) is 13.2 Å². The molecule has 0 unspecified atom stereocenters. The summed E-state index contributed by atoms with van der Waals surface area (Å²) in [7, 11) is 1.75. The molecule has 0 aromatic carbocycles. The molecule has 2 rings (SSSR count). The fraction of sp³-hybridized carbons (Fsp3) is 0.250. The highest BCUT2D eigenvalue weighted by atomic mass is 16.4. The molecule has 19 heavy (non-hydrogen) atoms. The molecule has 7 nitrogen and oxygen atoms in total. The normalized spacial score (nSPS) is 10.4. The van der Waals surface area contributed by atoms with E-state index >= 15 is 0 Å². The van der Waals surface area contributed by atoms with Crippen molar-refractivity contribution >= 4 is 17.6 Å². The topological polar surface area (TPSA) is 97.4 Å². The van der Waals surface area contributed by atoms with Crippen LogP contribution in [0.25, 0.3) is 0 Å². The highest BCUT2D eigenvalue weighted by molar-refractivity contribution is 5.95. The number of aromatic nitrogens is 2. The predicted molar refractivity (Wildman–Crippen MR) is 65.9 cm³/mol. The Morgan fingerprint density at radius 1 is 1.53 bits per heavy atom. The lowest BCUT2D eigenvalue weighted by molar-refractivity contribution is -0.115. The molecule has 0 bridgehead atoms. The summed E-state index contributed by atoms with van der Waals surface area (Å²) in [6.07, 6.45) is 2.79. The first-order valence-electron chi connectivity index (χ1n) is 5.57. The number of anilines is 1. The van der Waals surface area contributed by atoms with Crippen molar-refractivity contribution in [1.29, 1.82) is 0 Å². The standard InChI is InChI=1S/C12H13N3O4/c1-7-9(6-15(2)14-7)13-11(16)5-10-8(12(17)18)3-4-19-10/h3-4,6H,5H2,1-2H3,(H,13,16)(H,17,18). The SMILES string of the molecule is Cc1nn(C)cc1NC(=O)Cc1occc1C(=O)O. The number of nitrogens with one attached hydrogen (secondary N) is 1. The van der Waals surface area contributed by atoms with E-state index in [1.54, 1.807) is 24.9 Å². The summed E-state index contributed by atoms with van der Waals surface area (Å²) in [5.41, 5.74) is 1.28. The van der Waals surface area contributed by atoms with Crippen LogP contribution >= 0.6 is 0 Å². The third kappa shape index (κ3) is 2.82. The van der Waals surface area contributed by atoms with E-state index in [1.807, 2.05) is 0 Å². The van der Waals surface area contributed by atoms with E-state index < -0.39 is 5.97 Å². The summed E-state index contributed by atoms with van der Waals surface area (Å²) >= 11 is 0. The Kier molecular flexibility index (Phi) is 3.37. The molecule has 2 heterocycles. The Hall–Kier alpha value is -2.57. The average Bonchev–Trinajstić information content (AvgIpc) is 2.86. The van der Waals surface area contributed by atoms with E-state index in [4.69, 9.17) is 9.52 Å². The van der Waals surface area contributed by atoms with E-state index in [9.17, 15) is 9.59 Å². The second-order valence-corrected chi connectivity index (χ2v) is 4.09. The zero-order chi connectivity index (χ0) is 14.0. The fourth-order valence-electron chi connectivity index (χ4n) is 1.73. The third-order valence-electron chi connectivity index (χ3n) is 2.58. The first kappa shape index (κ1) is 12.9. The molecule has 0 aliphatic rings. The molecule has 0 saturated heterocycles. The van der Waals surface area contributed by atoms with E-state index in [-0.39, 0.29) is 23.7 Å². The molecule has 2 N–H and O–H groups in total. The minimum atomic E-state index is -1.12. The second kappa shape index (κ2) is 4.97. The molecule has 7 heteroatoms. The van der Waals surface area contributed by atoms with Crippen molar-refractivity contribution in [3.8, 4) is 0 Å². The number of nitrogens with zero attached hydrogens (tertiary/aromatic N) is 2. The third-order valence-corrected chi connectivity index (χ3v) is 2.58. The van der Waals surface area contributed by atoms with Gasteiger partial charge in [0.1, 0.15) is 11.3 Å². The van der Waals surface area contributed by atoms with Gasteiger partial charge in [0.05, 0.1) is 24.1 Å². The number of carbonyl (C=O) groups is 2. The van der Waals surface area contributed by atoms with Crippen LogP contribution in [0.3, 0.4) is 0 Å². The Morgan fingerprint density at radius 3 is 2.84 bits per heavy atom. The molecule has 100 valence electrons. The molecule has 0 saturated carbocycles. The molecular weight excluding hydrogens is 250 g/mol. The monoisotopic (exact) mass is 263 g/mol. The average molecular weight is 263 g/mol. The van der Waals surface area contributed by atoms with Crippen LogP contribution in [0.5, 0.6) is 0 Å². The quantitative estimate of drug-likeness (QED) is 0.863. The van der Waals surface area contributed by atoms with E-state index in [2.05, 4.69) is 10.4 Å². The maximum atomic E-state index is 11.8. The Labute approximate surface area is 108 Å². The lowest BCUT2D eigenvalue weighted by atomic mass is 10.2. The number of amides is 1. The zero-order valence-electron chi connectivity index (χ0n) is 10.5. The molecule has 0 fully saturated rings. The van der Waals surface area contributed by atoms with Crippen LogP contribution in [-0.2, 0) is 18.3 Å². The highest BCUT2D eigenvalue weighted by Crippen LogP contribution is 2.14. The Morgan fingerprint density at radius 2 is 2.26 bits per heavy atom. The zero-order valence-corrected chi connectivity index (χ0v) is 10.5. The summed E-state index contributed by atoms with van der Waals surface area (Å²) in [5.74, 6) is -1.34. The molecule has 0 radical (unpaired) electrons. The van der Waals surface area contributed by atoms with Gasteiger partial charge in [-0.05, 0) is 13.0 Å². The smallest absolute Gasteiger partial charge is 0.339 e. The van der Waals surface area contributed by atoms with Gasteiger partial charge in [-0.1, -0.05) is 0 Å². The van der Waals surface area contributed by atoms with Gasteiger partial charge >= 0.3 is 5.97 Å². The molecular formula is C12H13N3O4. The van der Waals surface area contributed by atoms with Crippen molar-refractivity contribution in [2.24, 2.45) is 7.05 Å². The van der Waals surface area contributed by atoms with Crippen LogP contribution < -0.4 is 5.32 Å². The number of hydrogen-bond acceptors (Lipinski definition) is 4. The number of rotatable bonds is 4. The Bertz CT molecular complexity index is 627. The maximum Gasteiger partial charge on any atom is 0.339 e. The lowest BCUT2D eigenvalue weighted by Crippen LogP contribution is -2.15. The summed E-state index contributed by atoms with van der Waals surface area (Å²) in [6.45, 7) is 1.77. The lowest BCUT2D eigenvalue weighted by Gasteiger charge is -2.02. The van der Waals surface area contributed by atoms with Gasteiger partial charge in [-0.2, -0.15) is 5.10 Å². The minimum absolute atomic E-state index is 0.00180. The van der Waals surface area contributed by atoms with Crippen molar-refractivity contribution in [2.75, 3.05) is 5.32 Å². The molecule has 0 aliphatic carbocycles. The maximum absolute atomic E-state index is 11.8. The van der Waals surface area contributed by atoms with Crippen LogP contribution in [0.4, 0.5) is 5.69 Å². The van der Waals surface area contributed by atoms with E-state index in [0.29, 0.717) is 11.4 Å². The van der Waals surface area contributed by atoms with Gasteiger partial charge in [0.2, 0.25) is 5.91 Å². The number of furan rings is 1. The van der Waals surface area contributed by atoms with Gasteiger partial charge in [-0.25, -0.2) is 4.79 Å². The molecule has 0 spiro atoms. The van der Waals surface area contributed by atoms with E-state index in [0.717, 1.165) is 0 Å². The van der Waals surface area contributed by atoms with Gasteiger partial charge in [-0.3, -0.25) is 9.48 Å². The van der Waals surface area contributed by atoms with Gasteiger partial charge in [-0.15, -0.1) is 0 Å². The molecule has 1 amide bonds. The summed E-state index contributed by atoms with van der Waals surface area (Å²) in [5, 5.41) is 15.7. The largest absolute Gasteiger partial charge is 0.478 e. The van der Waals surface area contributed by atoms with Crippen LogP contribution in [0.1, 0.15) is 21.8 Å². The van der Waals surface area contributed by atoms with Crippen molar-refractivity contribution in [1.82, 2.24) is 9.78 Å². The minimum Gasteiger partial charge on any atom is -0.478 e. The summed E-state index contributed by atoms with van der Waals surface area (Å²) < 4.78 is 6.59. The van der Waals surface area contributed by atoms with Crippen LogP contribution in [0.2, 0.25) is 0 Å². The van der Waals surface area contributed by atoms with Crippen molar-refractivity contribution in [3.05, 3.63) is 35.5 Å². The molecule has 0 aliphatic heterocycles. The van der Waals surface area contributed by atoms with Crippen molar-refractivity contribution in [2.45, 2.75) is 13.3 Å². The van der Waals surface area contributed by atoms with E-state index in [1.165, 1.54) is 12.3 Å². The molecule has 2 aromatic heterocycles. The first-order valence-corrected chi connectivity index (χ1v) is 5.57. The molecule has 0 atom stereocenters. The Balaban J connectivity index is 2.07. The number of aromatic carboxylic acids is 1. The number of carboxylic acid groups (broad SMARTS) is 1. The number of aryl methyl sites for hydroxylation is 2. The number of carboxylic acids is 1. The molecule has 2 aromatic rings.